The Bertz CT molecular complexity index is 412. The van der Waals surface area contributed by atoms with Crippen LogP contribution >= 0.6 is 0 Å². The number of amides is 2. The largest absolute Gasteiger partial charge is 0.353 e. The van der Waals surface area contributed by atoms with E-state index >= 15 is 0 Å². The maximum atomic E-state index is 11.9. The summed E-state index contributed by atoms with van der Waals surface area (Å²) in [5.74, 6) is -0.0765. The molecule has 1 unspecified atom stereocenters. The van der Waals surface area contributed by atoms with E-state index in [0.717, 1.165) is 12.8 Å². The molecule has 1 fully saturated rings. The molecule has 6 nitrogen and oxygen atoms in total. The van der Waals surface area contributed by atoms with Crippen LogP contribution in [-0.4, -0.2) is 48.4 Å². The maximum Gasteiger partial charge on any atom is 0.235 e. The van der Waals surface area contributed by atoms with Gasteiger partial charge in [0, 0.05) is 6.04 Å². The van der Waals surface area contributed by atoms with Crippen molar-refractivity contribution in [3.8, 4) is 6.07 Å². The molecule has 0 heterocycles. The summed E-state index contributed by atoms with van der Waals surface area (Å²) < 4.78 is 0. The maximum absolute atomic E-state index is 11.9. The molecule has 1 rings (SSSR count). The molecule has 0 saturated heterocycles. The zero-order valence-electron chi connectivity index (χ0n) is 12.7. The van der Waals surface area contributed by atoms with E-state index in [1.807, 2.05) is 13.8 Å². The van der Waals surface area contributed by atoms with Crippen molar-refractivity contribution in [1.29, 1.82) is 5.26 Å². The Morgan fingerprint density at radius 3 is 2.35 bits per heavy atom. The first-order valence-corrected chi connectivity index (χ1v) is 6.97. The normalized spacial score (nSPS) is 17.4. The van der Waals surface area contributed by atoms with E-state index in [0.29, 0.717) is 0 Å². The topological polar surface area (TPSA) is 85.2 Å². The van der Waals surface area contributed by atoms with E-state index in [2.05, 4.69) is 16.7 Å². The van der Waals surface area contributed by atoms with E-state index < -0.39 is 5.54 Å². The standard InChI is InChI=1S/C14H24N4O2/c1-10(2)16-12(19)7-18(4)8-13(20)17-14(3,9-15)11-5-6-11/h10-11H,5-8H2,1-4H3,(H,16,19)(H,17,20). The van der Waals surface area contributed by atoms with Crippen LogP contribution < -0.4 is 10.6 Å². The summed E-state index contributed by atoms with van der Waals surface area (Å²) in [7, 11) is 1.71. The Kier molecular flexibility index (Phi) is 5.52. The van der Waals surface area contributed by atoms with Gasteiger partial charge >= 0.3 is 0 Å². The lowest BCUT2D eigenvalue weighted by molar-refractivity contribution is -0.125. The highest BCUT2D eigenvalue weighted by atomic mass is 16.2. The molecule has 1 aliphatic rings. The van der Waals surface area contributed by atoms with Crippen molar-refractivity contribution in [2.24, 2.45) is 5.92 Å². The van der Waals surface area contributed by atoms with Gasteiger partial charge in [-0.25, -0.2) is 0 Å². The summed E-state index contributed by atoms with van der Waals surface area (Å²) in [5.41, 5.74) is -0.780. The van der Waals surface area contributed by atoms with E-state index in [-0.39, 0.29) is 36.9 Å². The van der Waals surface area contributed by atoms with Crippen LogP contribution in [0.5, 0.6) is 0 Å². The first-order valence-electron chi connectivity index (χ1n) is 6.97. The fourth-order valence-electron chi connectivity index (χ4n) is 2.12. The van der Waals surface area contributed by atoms with Crippen LogP contribution in [0.4, 0.5) is 0 Å². The molecule has 1 aliphatic carbocycles. The molecular weight excluding hydrogens is 256 g/mol. The number of carbonyl (C=O) groups is 2. The zero-order valence-corrected chi connectivity index (χ0v) is 12.7. The summed E-state index contributed by atoms with van der Waals surface area (Å²) in [6, 6.07) is 2.27. The van der Waals surface area contributed by atoms with Gasteiger partial charge in [-0.1, -0.05) is 0 Å². The van der Waals surface area contributed by atoms with E-state index in [1.165, 1.54) is 0 Å². The van der Waals surface area contributed by atoms with Crippen molar-refractivity contribution in [3.05, 3.63) is 0 Å². The second-order valence-corrected chi connectivity index (χ2v) is 6.03. The van der Waals surface area contributed by atoms with Gasteiger partial charge in [0.25, 0.3) is 0 Å². The molecule has 0 radical (unpaired) electrons. The van der Waals surface area contributed by atoms with E-state index in [9.17, 15) is 14.9 Å². The number of nitrogens with zero attached hydrogens (tertiary/aromatic N) is 2. The molecule has 1 atom stereocenters. The highest BCUT2D eigenvalue weighted by Gasteiger charge is 2.43. The molecule has 2 N–H and O–H groups in total. The molecule has 0 aromatic rings. The lowest BCUT2D eigenvalue weighted by Crippen LogP contribution is -2.50. The fraction of sp³-hybridized carbons (Fsp3) is 0.786. The Labute approximate surface area is 120 Å². The minimum absolute atomic E-state index is 0.0847. The molecule has 0 aromatic heterocycles. The van der Waals surface area contributed by atoms with Gasteiger partial charge < -0.3 is 10.6 Å². The summed E-state index contributed by atoms with van der Waals surface area (Å²) >= 11 is 0. The van der Waals surface area contributed by atoms with Crippen LogP contribution in [0.1, 0.15) is 33.6 Å². The second-order valence-electron chi connectivity index (χ2n) is 6.03. The summed E-state index contributed by atoms with van der Waals surface area (Å²) in [6.07, 6.45) is 1.97. The van der Waals surface area contributed by atoms with Crippen molar-refractivity contribution < 1.29 is 9.59 Å². The Hall–Kier alpha value is -1.61. The van der Waals surface area contributed by atoms with Crippen molar-refractivity contribution in [1.82, 2.24) is 15.5 Å². The average molecular weight is 280 g/mol. The lowest BCUT2D eigenvalue weighted by Gasteiger charge is -2.24. The van der Waals surface area contributed by atoms with Crippen molar-refractivity contribution >= 4 is 11.8 Å². The number of hydrogen-bond acceptors (Lipinski definition) is 4. The number of hydrogen-bond donors (Lipinski definition) is 2. The minimum Gasteiger partial charge on any atom is -0.353 e. The first-order chi connectivity index (χ1) is 9.26. The lowest BCUT2D eigenvalue weighted by atomic mass is 9.98. The third-order valence-corrected chi connectivity index (χ3v) is 3.30. The summed E-state index contributed by atoms with van der Waals surface area (Å²) in [6.45, 7) is 5.80. The Morgan fingerprint density at radius 1 is 1.35 bits per heavy atom. The number of nitrogens with one attached hydrogen (secondary N) is 2. The van der Waals surface area contributed by atoms with Gasteiger partial charge in [0.2, 0.25) is 11.8 Å². The van der Waals surface area contributed by atoms with Crippen molar-refractivity contribution in [3.63, 3.8) is 0 Å². The molecule has 0 aromatic carbocycles. The van der Waals surface area contributed by atoms with Gasteiger partial charge in [-0.3, -0.25) is 14.5 Å². The van der Waals surface area contributed by atoms with Crippen LogP contribution in [0, 0.1) is 17.2 Å². The molecule has 112 valence electrons. The summed E-state index contributed by atoms with van der Waals surface area (Å²) in [4.78, 5) is 25.1. The molecule has 20 heavy (non-hydrogen) atoms. The molecule has 0 aliphatic heterocycles. The van der Waals surface area contributed by atoms with Crippen LogP contribution in [0.15, 0.2) is 0 Å². The number of nitriles is 1. The predicted molar refractivity (Wildman–Crippen MR) is 75.7 cm³/mol. The molecule has 6 heteroatoms. The SMILES string of the molecule is CC(C)NC(=O)CN(C)CC(=O)NC(C)(C#N)C1CC1. The highest BCUT2D eigenvalue weighted by molar-refractivity contribution is 5.81. The Balaban J connectivity index is 2.38. The van der Waals surface area contributed by atoms with Crippen LogP contribution in [0.25, 0.3) is 0 Å². The van der Waals surface area contributed by atoms with Crippen LogP contribution in [-0.2, 0) is 9.59 Å². The molecule has 2 amide bonds. The molecule has 1 saturated carbocycles. The minimum atomic E-state index is -0.780. The second kappa shape index (κ2) is 6.71. The van der Waals surface area contributed by atoms with Crippen molar-refractivity contribution in [2.45, 2.75) is 45.2 Å². The predicted octanol–water partition coefficient (Wildman–Crippen LogP) is 0.251. The monoisotopic (exact) mass is 280 g/mol. The molecule has 0 spiro atoms. The number of likely N-dealkylation sites (N-methyl/N-ethyl adjacent to an activating group) is 1. The first kappa shape index (κ1) is 16.4. The van der Waals surface area contributed by atoms with Gasteiger partial charge in [0.05, 0.1) is 19.2 Å². The van der Waals surface area contributed by atoms with E-state index in [1.54, 1.807) is 18.9 Å². The van der Waals surface area contributed by atoms with Gasteiger partial charge in [-0.15, -0.1) is 0 Å². The third-order valence-electron chi connectivity index (χ3n) is 3.30. The molecular formula is C14H24N4O2. The highest BCUT2D eigenvalue weighted by Crippen LogP contribution is 2.39. The fourth-order valence-corrected chi connectivity index (χ4v) is 2.12. The number of rotatable bonds is 7. The molecule has 0 bridgehead atoms. The zero-order chi connectivity index (χ0) is 15.3. The summed E-state index contributed by atoms with van der Waals surface area (Å²) in [5, 5.41) is 14.7. The number of carbonyl (C=O) groups excluding carboxylic acids is 2. The van der Waals surface area contributed by atoms with Crippen LogP contribution in [0.2, 0.25) is 0 Å². The van der Waals surface area contributed by atoms with Crippen LogP contribution in [0.3, 0.4) is 0 Å². The van der Waals surface area contributed by atoms with Crippen molar-refractivity contribution in [2.75, 3.05) is 20.1 Å². The van der Waals surface area contributed by atoms with Gasteiger partial charge in [-0.05, 0) is 46.6 Å². The average Bonchev–Trinajstić information content (AvgIpc) is 3.10. The van der Waals surface area contributed by atoms with E-state index in [4.69, 9.17) is 0 Å². The van der Waals surface area contributed by atoms with Gasteiger partial charge in [0.1, 0.15) is 5.54 Å². The Morgan fingerprint density at radius 2 is 1.90 bits per heavy atom. The van der Waals surface area contributed by atoms with Gasteiger partial charge in [0.15, 0.2) is 0 Å². The third kappa shape index (κ3) is 5.17. The quantitative estimate of drug-likeness (QED) is 0.700. The smallest absolute Gasteiger partial charge is 0.235 e. The van der Waals surface area contributed by atoms with Gasteiger partial charge in [-0.2, -0.15) is 5.26 Å².